The molecule has 0 radical (unpaired) electrons. The number of aliphatic hydroxyl groups is 1. The number of hydrogen-bond acceptors (Lipinski definition) is 3. The van der Waals surface area contributed by atoms with E-state index in [0.717, 1.165) is 11.1 Å². The molecule has 1 heterocycles. The van der Waals surface area contributed by atoms with Crippen LogP contribution in [0.4, 0.5) is 11.4 Å². The predicted octanol–water partition coefficient (Wildman–Crippen LogP) is 3.76. The molecule has 3 aromatic rings. The van der Waals surface area contributed by atoms with E-state index in [4.69, 9.17) is 0 Å². The first-order valence-corrected chi connectivity index (χ1v) is 9.52. The highest BCUT2D eigenvalue weighted by Gasteiger charge is 2.50. The minimum atomic E-state index is -1.89. The normalized spacial score (nSPS) is 17.9. The number of rotatable bonds is 5. The molecule has 1 aliphatic rings. The lowest BCUT2D eigenvalue weighted by atomic mass is 9.91. The number of hydrogen-bond donors (Lipinski definition) is 2. The molecule has 5 nitrogen and oxygen atoms in total. The molecule has 0 fully saturated rings. The van der Waals surface area contributed by atoms with Gasteiger partial charge in [-0.05, 0) is 30.7 Å². The summed E-state index contributed by atoms with van der Waals surface area (Å²) in [5.74, 6) is -0.900. The standard InChI is InChI=1S/C24H22N2O3/c1-17-11-13-19(14-12-17)25-22(27)15-24(29)20-9-5-6-10-21(20)26(23(24)28)16-18-7-3-2-4-8-18/h2-14,29H,15-16H2,1H3,(H,25,27). The van der Waals surface area contributed by atoms with Gasteiger partial charge in [-0.2, -0.15) is 0 Å². The summed E-state index contributed by atoms with van der Waals surface area (Å²) in [6, 6.07) is 24.0. The third-order valence-corrected chi connectivity index (χ3v) is 5.17. The number of nitrogens with one attached hydrogen (secondary N) is 1. The van der Waals surface area contributed by atoms with E-state index in [9.17, 15) is 14.7 Å². The number of benzene rings is 3. The van der Waals surface area contributed by atoms with Crippen molar-refractivity contribution in [2.24, 2.45) is 0 Å². The van der Waals surface area contributed by atoms with Gasteiger partial charge < -0.3 is 15.3 Å². The summed E-state index contributed by atoms with van der Waals surface area (Å²) in [6.07, 6.45) is -0.345. The van der Waals surface area contributed by atoms with Gasteiger partial charge in [0.05, 0.1) is 18.7 Å². The van der Waals surface area contributed by atoms with Crippen LogP contribution in [0.1, 0.15) is 23.1 Å². The first-order valence-electron chi connectivity index (χ1n) is 9.52. The molecule has 2 N–H and O–H groups in total. The summed E-state index contributed by atoms with van der Waals surface area (Å²) in [5, 5.41) is 14.1. The molecule has 3 aromatic carbocycles. The van der Waals surface area contributed by atoms with Gasteiger partial charge in [0.2, 0.25) is 5.91 Å². The second-order valence-corrected chi connectivity index (χ2v) is 7.35. The summed E-state index contributed by atoms with van der Waals surface area (Å²) in [4.78, 5) is 27.4. The second kappa shape index (κ2) is 7.53. The van der Waals surface area contributed by atoms with E-state index >= 15 is 0 Å². The lowest BCUT2D eigenvalue weighted by Crippen LogP contribution is -2.42. The van der Waals surface area contributed by atoms with Gasteiger partial charge in [-0.3, -0.25) is 9.59 Å². The van der Waals surface area contributed by atoms with Crippen LogP contribution in [0.3, 0.4) is 0 Å². The van der Waals surface area contributed by atoms with E-state index in [0.29, 0.717) is 23.5 Å². The zero-order chi connectivity index (χ0) is 20.4. The van der Waals surface area contributed by atoms with Gasteiger partial charge in [-0.15, -0.1) is 0 Å². The van der Waals surface area contributed by atoms with Crippen LogP contribution in [0.25, 0.3) is 0 Å². The monoisotopic (exact) mass is 386 g/mol. The average Bonchev–Trinajstić information content (AvgIpc) is 2.92. The number of carbonyl (C=O) groups excluding carboxylic acids is 2. The van der Waals surface area contributed by atoms with Crippen LogP contribution in [0.2, 0.25) is 0 Å². The highest BCUT2D eigenvalue weighted by atomic mass is 16.3. The molecular weight excluding hydrogens is 364 g/mol. The van der Waals surface area contributed by atoms with Crippen molar-refractivity contribution in [3.05, 3.63) is 95.6 Å². The molecule has 146 valence electrons. The molecule has 29 heavy (non-hydrogen) atoms. The molecule has 1 unspecified atom stereocenters. The van der Waals surface area contributed by atoms with Crippen molar-refractivity contribution in [2.75, 3.05) is 10.2 Å². The number of nitrogens with zero attached hydrogens (tertiary/aromatic N) is 1. The van der Waals surface area contributed by atoms with E-state index in [2.05, 4.69) is 5.32 Å². The van der Waals surface area contributed by atoms with Crippen molar-refractivity contribution in [2.45, 2.75) is 25.5 Å². The van der Waals surface area contributed by atoms with Gasteiger partial charge >= 0.3 is 0 Å². The van der Waals surface area contributed by atoms with Crippen LogP contribution in [0.5, 0.6) is 0 Å². The van der Waals surface area contributed by atoms with E-state index in [-0.39, 0.29) is 6.42 Å². The highest BCUT2D eigenvalue weighted by Crippen LogP contribution is 2.43. The lowest BCUT2D eigenvalue weighted by molar-refractivity contribution is -0.141. The van der Waals surface area contributed by atoms with Crippen LogP contribution in [-0.4, -0.2) is 16.9 Å². The maximum absolute atomic E-state index is 13.2. The van der Waals surface area contributed by atoms with Crippen molar-refractivity contribution in [1.82, 2.24) is 0 Å². The van der Waals surface area contributed by atoms with Gasteiger partial charge in [0.25, 0.3) is 5.91 Å². The third-order valence-electron chi connectivity index (χ3n) is 5.17. The van der Waals surface area contributed by atoms with Crippen molar-refractivity contribution < 1.29 is 14.7 Å². The van der Waals surface area contributed by atoms with Crippen LogP contribution < -0.4 is 10.2 Å². The molecule has 2 amide bonds. The Morgan fingerprint density at radius 2 is 1.62 bits per heavy atom. The third kappa shape index (κ3) is 3.65. The van der Waals surface area contributed by atoms with Gasteiger partial charge in [-0.1, -0.05) is 66.2 Å². The molecule has 1 aliphatic heterocycles. The van der Waals surface area contributed by atoms with Crippen LogP contribution in [-0.2, 0) is 21.7 Å². The van der Waals surface area contributed by atoms with Gasteiger partial charge in [0.1, 0.15) is 0 Å². The Bertz CT molecular complexity index is 1050. The molecule has 0 saturated carbocycles. The largest absolute Gasteiger partial charge is 0.375 e. The maximum atomic E-state index is 13.2. The minimum Gasteiger partial charge on any atom is -0.375 e. The highest BCUT2D eigenvalue weighted by molar-refractivity contribution is 6.09. The lowest BCUT2D eigenvalue weighted by Gasteiger charge is -2.23. The number of carbonyl (C=O) groups is 2. The first-order chi connectivity index (χ1) is 14.0. The summed E-state index contributed by atoms with van der Waals surface area (Å²) in [5.41, 5.74) is 1.86. The minimum absolute atomic E-state index is 0.332. The molecule has 0 saturated heterocycles. The van der Waals surface area contributed by atoms with Crippen molar-refractivity contribution >= 4 is 23.2 Å². The Kier molecular flexibility index (Phi) is 4.91. The zero-order valence-corrected chi connectivity index (χ0v) is 16.1. The fraction of sp³-hybridized carbons (Fsp3) is 0.167. The second-order valence-electron chi connectivity index (χ2n) is 7.35. The van der Waals surface area contributed by atoms with E-state index in [1.54, 1.807) is 35.2 Å². The number of anilines is 2. The van der Waals surface area contributed by atoms with Crippen LogP contribution in [0.15, 0.2) is 78.9 Å². The van der Waals surface area contributed by atoms with Crippen molar-refractivity contribution in [1.29, 1.82) is 0 Å². The summed E-state index contributed by atoms with van der Waals surface area (Å²) < 4.78 is 0. The quantitative estimate of drug-likeness (QED) is 0.702. The van der Waals surface area contributed by atoms with E-state index in [1.807, 2.05) is 55.5 Å². The topological polar surface area (TPSA) is 69.6 Å². The smallest absolute Gasteiger partial charge is 0.264 e. The summed E-state index contributed by atoms with van der Waals surface area (Å²) >= 11 is 0. The summed E-state index contributed by atoms with van der Waals surface area (Å²) in [7, 11) is 0. The van der Waals surface area contributed by atoms with Crippen molar-refractivity contribution in [3.63, 3.8) is 0 Å². The van der Waals surface area contributed by atoms with E-state index < -0.39 is 17.4 Å². The van der Waals surface area contributed by atoms with Gasteiger partial charge in [0, 0.05) is 11.3 Å². The molecular formula is C24H22N2O3. The Morgan fingerprint density at radius 3 is 2.34 bits per heavy atom. The van der Waals surface area contributed by atoms with Gasteiger partial charge in [0.15, 0.2) is 5.60 Å². The number of fused-ring (bicyclic) bond motifs is 1. The molecule has 0 aliphatic carbocycles. The fourth-order valence-electron chi connectivity index (χ4n) is 3.67. The van der Waals surface area contributed by atoms with Crippen LogP contribution in [0, 0.1) is 6.92 Å². The van der Waals surface area contributed by atoms with Gasteiger partial charge in [-0.25, -0.2) is 0 Å². The average molecular weight is 386 g/mol. The summed E-state index contributed by atoms with van der Waals surface area (Å²) in [6.45, 7) is 2.29. The first kappa shape index (κ1) is 18.9. The molecule has 4 rings (SSSR count). The Hall–Kier alpha value is -3.44. The van der Waals surface area contributed by atoms with Crippen molar-refractivity contribution in [3.8, 4) is 0 Å². The van der Waals surface area contributed by atoms with Crippen LogP contribution >= 0.6 is 0 Å². The SMILES string of the molecule is Cc1ccc(NC(=O)CC2(O)C(=O)N(Cc3ccccc3)c3ccccc32)cc1. The molecule has 5 heteroatoms. The fourth-order valence-corrected chi connectivity index (χ4v) is 3.67. The molecule has 0 bridgehead atoms. The number of para-hydroxylation sites is 1. The molecule has 1 atom stereocenters. The molecule has 0 aromatic heterocycles. The number of aryl methyl sites for hydroxylation is 1. The predicted molar refractivity (Wildman–Crippen MR) is 112 cm³/mol. The maximum Gasteiger partial charge on any atom is 0.264 e. The Labute approximate surface area is 169 Å². The number of amides is 2. The zero-order valence-electron chi connectivity index (χ0n) is 16.1. The molecule has 0 spiro atoms. The Balaban J connectivity index is 1.59. The van der Waals surface area contributed by atoms with E-state index in [1.165, 1.54) is 0 Å². The Morgan fingerprint density at radius 1 is 0.966 bits per heavy atom.